The molecule has 0 unspecified atom stereocenters. The van der Waals surface area contributed by atoms with Crippen molar-refractivity contribution in [2.75, 3.05) is 5.32 Å². The molecule has 0 radical (unpaired) electrons. The molecular formula is C30H27ClFN3O4. The monoisotopic (exact) mass is 547 g/mol. The first-order valence-corrected chi connectivity index (χ1v) is 12.6. The molecule has 1 atom stereocenters. The van der Waals surface area contributed by atoms with Crippen molar-refractivity contribution in [2.45, 2.75) is 53.2 Å². The molecule has 39 heavy (non-hydrogen) atoms. The highest BCUT2D eigenvalue weighted by atomic mass is 35.5. The molecule has 0 aliphatic carbocycles. The van der Waals surface area contributed by atoms with Gasteiger partial charge in [0.2, 0.25) is 0 Å². The molecule has 0 spiro atoms. The van der Waals surface area contributed by atoms with Gasteiger partial charge in [0.05, 0.1) is 28.7 Å². The summed E-state index contributed by atoms with van der Waals surface area (Å²) >= 11 is 6.08. The van der Waals surface area contributed by atoms with E-state index < -0.39 is 23.4 Å². The zero-order chi connectivity index (χ0) is 28.6. The smallest absolute Gasteiger partial charge is 0.359 e. The molecule has 0 bridgehead atoms. The summed E-state index contributed by atoms with van der Waals surface area (Å²) in [4.78, 5) is 30.5. The maximum atomic E-state index is 14.2. The summed E-state index contributed by atoms with van der Waals surface area (Å²) in [6.45, 7) is 10.6. The predicted octanol–water partition coefficient (Wildman–Crippen LogP) is 7.26. The van der Waals surface area contributed by atoms with E-state index in [1.54, 1.807) is 45.9 Å². The number of pyridine rings is 1. The second-order valence-corrected chi connectivity index (χ2v) is 10.7. The van der Waals surface area contributed by atoms with E-state index in [0.29, 0.717) is 27.8 Å². The van der Waals surface area contributed by atoms with Crippen LogP contribution in [0.2, 0.25) is 5.15 Å². The number of fused-ring (bicyclic) bond motifs is 1. The van der Waals surface area contributed by atoms with E-state index in [9.17, 15) is 19.2 Å². The Morgan fingerprint density at radius 3 is 2.56 bits per heavy atom. The Kier molecular flexibility index (Phi) is 7.49. The molecule has 200 valence electrons. The highest BCUT2D eigenvalue weighted by Crippen LogP contribution is 2.33. The summed E-state index contributed by atoms with van der Waals surface area (Å²) in [6, 6.07) is 12.0. The van der Waals surface area contributed by atoms with Crippen LogP contribution in [-0.2, 0) is 4.74 Å². The molecule has 2 aromatic heterocycles. The van der Waals surface area contributed by atoms with Crippen LogP contribution in [-0.4, -0.2) is 16.6 Å². The van der Waals surface area contributed by atoms with E-state index in [4.69, 9.17) is 20.8 Å². The van der Waals surface area contributed by atoms with Crippen molar-refractivity contribution in [3.8, 4) is 17.4 Å². The Morgan fingerprint density at radius 1 is 1.18 bits per heavy atom. The largest absolute Gasteiger partial charge is 0.455 e. The Balaban J connectivity index is 1.86. The van der Waals surface area contributed by atoms with Crippen LogP contribution in [0.1, 0.15) is 66.5 Å². The number of anilines is 1. The second kappa shape index (κ2) is 10.5. The van der Waals surface area contributed by atoms with Crippen molar-refractivity contribution in [1.82, 2.24) is 4.98 Å². The van der Waals surface area contributed by atoms with E-state index in [2.05, 4.69) is 10.3 Å². The summed E-state index contributed by atoms with van der Waals surface area (Å²) in [6.07, 6.45) is 0. The van der Waals surface area contributed by atoms with Gasteiger partial charge in [0.15, 0.2) is 11.1 Å². The summed E-state index contributed by atoms with van der Waals surface area (Å²) in [5.41, 5.74) is 1.83. The van der Waals surface area contributed by atoms with Gasteiger partial charge in [-0.2, -0.15) is 5.26 Å². The van der Waals surface area contributed by atoms with Crippen molar-refractivity contribution in [1.29, 1.82) is 5.26 Å². The molecule has 2 heterocycles. The molecule has 0 aliphatic rings. The Bertz CT molecular complexity index is 1720. The number of nitriles is 1. The van der Waals surface area contributed by atoms with Crippen LogP contribution >= 0.6 is 11.6 Å². The summed E-state index contributed by atoms with van der Waals surface area (Å²) < 4.78 is 26.0. The van der Waals surface area contributed by atoms with Crippen molar-refractivity contribution in [2.24, 2.45) is 0 Å². The van der Waals surface area contributed by atoms with Crippen molar-refractivity contribution in [3.05, 3.63) is 91.6 Å². The Hall–Kier alpha value is -4.22. The van der Waals surface area contributed by atoms with E-state index in [1.807, 2.05) is 26.0 Å². The quantitative estimate of drug-likeness (QED) is 0.207. The minimum Gasteiger partial charge on any atom is -0.455 e. The SMILES string of the molecule is Cc1cc([C@@H](C)Nc2ccc(Cl)nc2C(=O)OC(C)(C)C)c2oc(-c3cc(F)cc(C#N)c3)c(C)c(=O)c2c1. The molecule has 4 aromatic rings. The zero-order valence-corrected chi connectivity index (χ0v) is 23.2. The number of hydrogen-bond acceptors (Lipinski definition) is 7. The summed E-state index contributed by atoms with van der Waals surface area (Å²) in [5, 5.41) is 13.1. The highest BCUT2D eigenvalue weighted by Gasteiger charge is 2.25. The van der Waals surface area contributed by atoms with Gasteiger partial charge in [-0.3, -0.25) is 4.79 Å². The maximum absolute atomic E-state index is 14.2. The van der Waals surface area contributed by atoms with Crippen molar-refractivity contribution < 1.29 is 18.3 Å². The number of halogens is 2. The number of nitrogens with zero attached hydrogens (tertiary/aromatic N) is 2. The first kappa shape index (κ1) is 27.8. The van der Waals surface area contributed by atoms with E-state index in [0.717, 1.165) is 11.6 Å². The minimum absolute atomic E-state index is 0.0167. The fourth-order valence-corrected chi connectivity index (χ4v) is 4.44. The fraction of sp³-hybridized carbons (Fsp3) is 0.267. The lowest BCUT2D eigenvalue weighted by atomic mass is 9.98. The lowest BCUT2D eigenvalue weighted by molar-refractivity contribution is 0.00640. The maximum Gasteiger partial charge on any atom is 0.359 e. The third-order valence-corrected chi connectivity index (χ3v) is 6.18. The van der Waals surface area contributed by atoms with Gasteiger partial charge in [0.25, 0.3) is 0 Å². The van der Waals surface area contributed by atoms with Crippen LogP contribution in [0, 0.1) is 31.0 Å². The van der Waals surface area contributed by atoms with Gasteiger partial charge in [-0.05, 0) is 83.5 Å². The molecule has 1 N–H and O–H groups in total. The molecule has 0 aliphatic heterocycles. The van der Waals surface area contributed by atoms with Gasteiger partial charge in [0.1, 0.15) is 27.9 Å². The summed E-state index contributed by atoms with van der Waals surface area (Å²) in [5.74, 6) is -1.09. The second-order valence-electron chi connectivity index (χ2n) is 10.4. The number of esters is 1. The van der Waals surface area contributed by atoms with Gasteiger partial charge >= 0.3 is 5.97 Å². The molecule has 7 nitrogen and oxygen atoms in total. The average Bonchev–Trinajstić information content (AvgIpc) is 2.85. The topological polar surface area (TPSA) is 105 Å². The number of ether oxygens (including phenoxy) is 1. The number of rotatable bonds is 5. The predicted molar refractivity (Wildman–Crippen MR) is 149 cm³/mol. The van der Waals surface area contributed by atoms with E-state index >= 15 is 0 Å². The van der Waals surface area contributed by atoms with Crippen LogP contribution in [0.5, 0.6) is 0 Å². The highest BCUT2D eigenvalue weighted by molar-refractivity contribution is 6.29. The molecule has 0 fully saturated rings. The number of hydrogen-bond donors (Lipinski definition) is 1. The van der Waals surface area contributed by atoms with Gasteiger partial charge in [-0.15, -0.1) is 0 Å². The third-order valence-electron chi connectivity index (χ3n) is 5.97. The van der Waals surface area contributed by atoms with Gasteiger partial charge in [-0.1, -0.05) is 17.7 Å². The number of benzene rings is 2. The molecule has 9 heteroatoms. The minimum atomic E-state index is -0.739. The number of aromatic nitrogens is 1. The standard InChI is InChI=1S/C30H27ClFN3O4/c1-15-9-21(17(3)34-23-7-8-24(31)35-25(23)29(37)39-30(4,5)6)28-22(10-15)26(36)16(2)27(38-28)19-11-18(14-33)12-20(32)13-19/h7-13,17,34H,1-6H3/t17-/m1/s1. The van der Waals surface area contributed by atoms with Gasteiger partial charge < -0.3 is 14.5 Å². The van der Waals surface area contributed by atoms with Gasteiger partial charge in [-0.25, -0.2) is 14.2 Å². The number of carbonyl (C=O) groups excluding carboxylic acids is 1. The van der Waals surface area contributed by atoms with Crippen LogP contribution in [0.25, 0.3) is 22.3 Å². The van der Waals surface area contributed by atoms with E-state index in [-0.39, 0.29) is 33.2 Å². The molecule has 0 saturated heterocycles. The van der Waals surface area contributed by atoms with Crippen molar-refractivity contribution >= 4 is 34.2 Å². The molecular weight excluding hydrogens is 521 g/mol. The molecule has 0 amide bonds. The van der Waals surface area contributed by atoms with Crippen LogP contribution in [0.15, 0.2) is 51.7 Å². The molecule has 4 rings (SSSR count). The molecule has 2 aromatic carbocycles. The average molecular weight is 548 g/mol. The Labute approximate surface area is 230 Å². The van der Waals surface area contributed by atoms with Crippen molar-refractivity contribution in [3.63, 3.8) is 0 Å². The first-order chi connectivity index (χ1) is 18.3. The van der Waals surface area contributed by atoms with Gasteiger partial charge in [0, 0.05) is 16.7 Å². The lowest BCUT2D eigenvalue weighted by Crippen LogP contribution is -2.25. The number of carbonyl (C=O) groups is 1. The summed E-state index contributed by atoms with van der Waals surface area (Å²) in [7, 11) is 0. The van der Waals surface area contributed by atoms with Crippen LogP contribution < -0.4 is 10.7 Å². The lowest BCUT2D eigenvalue weighted by Gasteiger charge is -2.22. The zero-order valence-electron chi connectivity index (χ0n) is 22.4. The Morgan fingerprint density at radius 2 is 1.90 bits per heavy atom. The number of nitrogens with one attached hydrogen (secondary N) is 1. The normalized spacial score (nSPS) is 12.2. The van der Waals surface area contributed by atoms with E-state index in [1.165, 1.54) is 12.1 Å². The third kappa shape index (κ3) is 5.94. The number of aryl methyl sites for hydroxylation is 1. The molecule has 0 saturated carbocycles. The first-order valence-electron chi connectivity index (χ1n) is 12.2. The fourth-order valence-electron chi connectivity index (χ4n) is 4.29. The van der Waals surface area contributed by atoms with Crippen LogP contribution in [0.4, 0.5) is 10.1 Å². The van der Waals surface area contributed by atoms with Crippen LogP contribution in [0.3, 0.4) is 0 Å².